The van der Waals surface area contributed by atoms with Crippen molar-refractivity contribution in [2.45, 2.75) is 31.1 Å². The molecule has 0 fully saturated rings. The van der Waals surface area contributed by atoms with E-state index in [1.165, 1.54) is 24.3 Å². The normalized spacial score (nSPS) is 23.3. The highest BCUT2D eigenvalue weighted by Crippen LogP contribution is 2.39. The molecule has 0 aromatic heterocycles. The molecule has 2 rings (SSSR count). The molecule has 20 heavy (non-hydrogen) atoms. The molecule has 0 spiro atoms. The van der Waals surface area contributed by atoms with Crippen LogP contribution in [0.3, 0.4) is 0 Å². The van der Waals surface area contributed by atoms with Gasteiger partial charge in [-0.1, -0.05) is 37.3 Å². The SMILES string of the molecule is CCC1(C)C=C(S(=O)(=O)C(F)(F)c2ccccc2)NO1. The van der Waals surface area contributed by atoms with Crippen LogP contribution in [0.1, 0.15) is 25.8 Å². The van der Waals surface area contributed by atoms with E-state index in [1.54, 1.807) is 13.8 Å². The van der Waals surface area contributed by atoms with Crippen molar-refractivity contribution in [3.63, 3.8) is 0 Å². The lowest BCUT2D eigenvalue weighted by molar-refractivity contribution is -0.0281. The third kappa shape index (κ3) is 2.31. The Hall–Kier alpha value is -1.47. The molecule has 1 unspecified atom stereocenters. The minimum Gasteiger partial charge on any atom is -0.265 e. The number of hydrogen-bond acceptors (Lipinski definition) is 4. The average Bonchev–Trinajstić information content (AvgIpc) is 2.84. The monoisotopic (exact) mass is 303 g/mol. The molecule has 110 valence electrons. The number of rotatable bonds is 4. The molecule has 1 aromatic carbocycles. The lowest BCUT2D eigenvalue weighted by Crippen LogP contribution is -2.31. The van der Waals surface area contributed by atoms with Crippen molar-refractivity contribution >= 4 is 9.84 Å². The van der Waals surface area contributed by atoms with Crippen LogP contribution >= 0.6 is 0 Å². The highest BCUT2D eigenvalue weighted by molar-refractivity contribution is 7.95. The molecule has 7 heteroatoms. The van der Waals surface area contributed by atoms with Crippen molar-refractivity contribution in [1.82, 2.24) is 5.48 Å². The van der Waals surface area contributed by atoms with Crippen LogP contribution in [-0.4, -0.2) is 14.0 Å². The van der Waals surface area contributed by atoms with Gasteiger partial charge in [0.25, 0.3) is 9.84 Å². The van der Waals surface area contributed by atoms with E-state index >= 15 is 0 Å². The maximum absolute atomic E-state index is 14.2. The van der Waals surface area contributed by atoms with E-state index in [2.05, 4.69) is 5.48 Å². The molecular formula is C13H15F2NO3S. The predicted octanol–water partition coefficient (Wildman–Crippen LogP) is 2.70. The number of nitrogens with one attached hydrogen (secondary N) is 1. The molecule has 1 aliphatic rings. The largest absolute Gasteiger partial charge is 0.376 e. The lowest BCUT2D eigenvalue weighted by Gasteiger charge is -2.17. The molecule has 0 bridgehead atoms. The van der Waals surface area contributed by atoms with Crippen molar-refractivity contribution in [2.75, 3.05) is 0 Å². The Morgan fingerprint density at radius 1 is 1.30 bits per heavy atom. The van der Waals surface area contributed by atoms with Crippen LogP contribution in [0.4, 0.5) is 8.78 Å². The van der Waals surface area contributed by atoms with Gasteiger partial charge in [-0.15, -0.1) is 0 Å². The summed E-state index contributed by atoms with van der Waals surface area (Å²) in [6.45, 7) is 3.38. The molecule has 0 amide bonds. The number of hydrogen-bond donors (Lipinski definition) is 1. The highest BCUT2D eigenvalue weighted by Gasteiger charge is 2.51. The fourth-order valence-corrected chi connectivity index (χ4v) is 3.01. The minimum absolute atomic E-state index is 0.454. The third-order valence-electron chi connectivity index (χ3n) is 3.26. The molecule has 1 aromatic rings. The standard InChI is InChI=1S/C13H15F2NO3S/c1-3-12(2)9-11(16-19-12)20(17,18)13(14,15)10-7-5-4-6-8-10/h4-9,16H,3H2,1-2H3. The zero-order valence-corrected chi connectivity index (χ0v) is 11.9. The van der Waals surface area contributed by atoms with E-state index < -0.39 is 31.3 Å². The van der Waals surface area contributed by atoms with Crippen LogP contribution in [0.15, 0.2) is 41.4 Å². The molecule has 0 saturated heterocycles. The van der Waals surface area contributed by atoms with Crippen LogP contribution in [0.2, 0.25) is 0 Å². The van der Waals surface area contributed by atoms with Gasteiger partial charge in [-0.25, -0.2) is 8.42 Å². The Morgan fingerprint density at radius 3 is 2.40 bits per heavy atom. The Labute approximate surface area is 116 Å². The number of hydroxylamine groups is 1. The Morgan fingerprint density at radius 2 is 1.90 bits per heavy atom. The van der Waals surface area contributed by atoms with E-state index in [1.807, 2.05) is 0 Å². The van der Waals surface area contributed by atoms with Crippen LogP contribution < -0.4 is 5.48 Å². The van der Waals surface area contributed by atoms with Crippen LogP contribution in [0.25, 0.3) is 0 Å². The zero-order chi connectivity index (χ0) is 15.0. The maximum Gasteiger partial charge on any atom is 0.376 e. The summed E-state index contributed by atoms with van der Waals surface area (Å²) < 4.78 is 52.6. The van der Waals surface area contributed by atoms with Gasteiger partial charge in [0.2, 0.25) is 0 Å². The predicted molar refractivity (Wildman–Crippen MR) is 70.3 cm³/mol. The summed E-state index contributed by atoms with van der Waals surface area (Å²) in [6, 6.07) is 6.42. The van der Waals surface area contributed by atoms with E-state index in [0.29, 0.717) is 6.42 Å². The summed E-state index contributed by atoms with van der Waals surface area (Å²) >= 11 is 0. The summed E-state index contributed by atoms with van der Waals surface area (Å²) in [5.74, 6) is 0. The molecule has 1 atom stereocenters. The number of alkyl halides is 2. The minimum atomic E-state index is -4.88. The van der Waals surface area contributed by atoms with E-state index in [4.69, 9.17) is 4.84 Å². The van der Waals surface area contributed by atoms with Crippen molar-refractivity contribution in [2.24, 2.45) is 0 Å². The average molecular weight is 303 g/mol. The number of halogens is 2. The van der Waals surface area contributed by atoms with E-state index in [0.717, 1.165) is 12.1 Å². The summed E-state index contributed by atoms with van der Waals surface area (Å²) in [6.07, 6.45) is 1.63. The molecule has 0 radical (unpaired) electrons. The lowest BCUT2D eigenvalue weighted by atomic mass is 10.1. The molecule has 0 saturated carbocycles. The molecule has 1 aliphatic heterocycles. The first kappa shape index (κ1) is 14.9. The summed E-state index contributed by atoms with van der Waals surface area (Å²) in [5.41, 5.74) is 0.624. The second kappa shape index (κ2) is 4.82. The summed E-state index contributed by atoms with van der Waals surface area (Å²) in [7, 11) is -4.88. The molecule has 0 aliphatic carbocycles. The second-order valence-corrected chi connectivity index (χ2v) is 6.72. The Bertz CT molecular complexity index is 628. The Kier molecular flexibility index (Phi) is 3.60. The van der Waals surface area contributed by atoms with Crippen molar-refractivity contribution in [3.8, 4) is 0 Å². The molecule has 1 heterocycles. The van der Waals surface area contributed by atoms with Crippen LogP contribution in [-0.2, 0) is 19.9 Å². The van der Waals surface area contributed by atoms with Gasteiger partial charge in [0, 0.05) is 5.56 Å². The molecule has 4 nitrogen and oxygen atoms in total. The third-order valence-corrected chi connectivity index (χ3v) is 4.95. The van der Waals surface area contributed by atoms with Crippen molar-refractivity contribution in [1.29, 1.82) is 0 Å². The van der Waals surface area contributed by atoms with E-state index in [9.17, 15) is 17.2 Å². The van der Waals surface area contributed by atoms with Gasteiger partial charge in [-0.05, 0) is 19.4 Å². The smallest absolute Gasteiger partial charge is 0.265 e. The Balaban J connectivity index is 2.44. The fourth-order valence-electron chi connectivity index (χ4n) is 1.74. The van der Waals surface area contributed by atoms with Gasteiger partial charge < -0.3 is 0 Å². The van der Waals surface area contributed by atoms with Crippen molar-refractivity contribution < 1.29 is 22.0 Å². The zero-order valence-electron chi connectivity index (χ0n) is 11.1. The summed E-state index contributed by atoms with van der Waals surface area (Å²) in [4.78, 5) is 5.06. The van der Waals surface area contributed by atoms with Crippen LogP contribution in [0, 0.1) is 0 Å². The van der Waals surface area contributed by atoms with Gasteiger partial charge in [0.15, 0.2) is 5.03 Å². The fraction of sp³-hybridized carbons (Fsp3) is 0.385. The van der Waals surface area contributed by atoms with Gasteiger partial charge in [0.05, 0.1) is 0 Å². The van der Waals surface area contributed by atoms with Gasteiger partial charge >= 0.3 is 5.25 Å². The quantitative estimate of drug-likeness (QED) is 0.929. The first-order valence-electron chi connectivity index (χ1n) is 6.08. The van der Waals surface area contributed by atoms with Crippen LogP contribution in [0.5, 0.6) is 0 Å². The number of sulfone groups is 1. The molecular weight excluding hydrogens is 288 g/mol. The number of benzene rings is 1. The molecule has 1 N–H and O–H groups in total. The van der Waals surface area contributed by atoms with Gasteiger partial charge in [-0.3, -0.25) is 10.3 Å². The second-order valence-electron chi connectivity index (χ2n) is 4.77. The maximum atomic E-state index is 14.2. The first-order chi connectivity index (χ1) is 9.23. The van der Waals surface area contributed by atoms with Crippen molar-refractivity contribution in [3.05, 3.63) is 47.0 Å². The highest BCUT2D eigenvalue weighted by atomic mass is 32.2. The first-order valence-corrected chi connectivity index (χ1v) is 7.56. The summed E-state index contributed by atoms with van der Waals surface area (Å²) in [5, 5.41) is -4.62. The van der Waals surface area contributed by atoms with Gasteiger partial charge in [0.1, 0.15) is 5.60 Å². The van der Waals surface area contributed by atoms with E-state index in [-0.39, 0.29) is 0 Å². The topological polar surface area (TPSA) is 55.4 Å². The van der Waals surface area contributed by atoms with Gasteiger partial charge in [-0.2, -0.15) is 8.78 Å².